The van der Waals surface area contributed by atoms with Crippen LogP contribution in [-0.2, 0) is 17.1 Å². The van der Waals surface area contributed by atoms with E-state index in [-0.39, 0.29) is 0 Å². The summed E-state index contributed by atoms with van der Waals surface area (Å²) in [5.41, 5.74) is 7.43. The van der Waals surface area contributed by atoms with Crippen LogP contribution in [0.25, 0.3) is 0 Å². The fourth-order valence-electron chi connectivity index (χ4n) is 1.42. The summed E-state index contributed by atoms with van der Waals surface area (Å²) in [6.07, 6.45) is 0. The summed E-state index contributed by atoms with van der Waals surface area (Å²) < 4.78 is 10.1. The van der Waals surface area contributed by atoms with Crippen molar-refractivity contribution < 1.29 is 9.26 Å². The molecule has 1 aromatic heterocycles. The Bertz CT molecular complexity index is 531. The van der Waals surface area contributed by atoms with Gasteiger partial charge in [-0.1, -0.05) is 16.8 Å². The third-order valence-corrected chi connectivity index (χ3v) is 3.59. The van der Waals surface area contributed by atoms with Gasteiger partial charge in [0.1, 0.15) is 6.61 Å². The molecule has 1 heterocycles. The molecule has 0 unspecified atom stereocenters. The van der Waals surface area contributed by atoms with E-state index in [0.717, 1.165) is 10.6 Å². The van der Waals surface area contributed by atoms with Gasteiger partial charge in [0.15, 0.2) is 5.76 Å². The summed E-state index contributed by atoms with van der Waals surface area (Å²) in [5, 5.41) is 4.63. The van der Waals surface area contributed by atoms with Crippen LogP contribution in [0.15, 0.2) is 33.7 Å². The first-order valence-corrected chi connectivity index (χ1v) is 6.66. The molecule has 96 valence electrons. The molecule has 0 fully saturated rings. The van der Waals surface area contributed by atoms with Gasteiger partial charge in [0.25, 0.3) is 0 Å². The predicted molar refractivity (Wildman–Crippen MR) is 72.6 cm³/mol. The molecule has 1 aromatic carbocycles. The largest absolute Gasteiger partial charge is 0.398 e. The Morgan fingerprint density at radius 1 is 1.44 bits per heavy atom. The second kappa shape index (κ2) is 6.13. The van der Waals surface area contributed by atoms with Crippen LogP contribution in [-0.4, -0.2) is 12.3 Å². The molecule has 6 heteroatoms. The zero-order valence-corrected chi connectivity index (χ0v) is 11.4. The van der Waals surface area contributed by atoms with E-state index in [1.54, 1.807) is 31.0 Å². The molecule has 18 heavy (non-hydrogen) atoms. The van der Waals surface area contributed by atoms with Crippen molar-refractivity contribution in [3.8, 4) is 0 Å². The lowest BCUT2D eigenvalue weighted by molar-refractivity contribution is 0.156. The first-order valence-electron chi connectivity index (χ1n) is 5.30. The highest BCUT2D eigenvalue weighted by Crippen LogP contribution is 2.30. The first-order chi connectivity index (χ1) is 8.69. The molecule has 0 saturated carbocycles. The summed E-state index contributed by atoms with van der Waals surface area (Å²) in [5.74, 6) is 1.39. The van der Waals surface area contributed by atoms with Gasteiger partial charge in [-0.05, 0) is 18.2 Å². The molecule has 2 rings (SSSR count). The Morgan fingerprint density at radius 3 is 3.06 bits per heavy atom. The highest BCUT2D eigenvalue weighted by Gasteiger charge is 2.06. The number of methoxy groups -OCH3 is 1. The number of thioether (sulfide) groups is 1. The maximum Gasteiger partial charge on any atom is 0.162 e. The van der Waals surface area contributed by atoms with E-state index in [4.69, 9.17) is 26.6 Å². The normalized spacial score (nSPS) is 10.8. The fraction of sp³-hybridized carbons (Fsp3) is 0.250. The summed E-state index contributed by atoms with van der Waals surface area (Å²) in [4.78, 5) is 0.943. The molecule has 4 nitrogen and oxygen atoms in total. The van der Waals surface area contributed by atoms with Crippen molar-refractivity contribution in [2.24, 2.45) is 0 Å². The van der Waals surface area contributed by atoms with Crippen LogP contribution in [0, 0.1) is 0 Å². The van der Waals surface area contributed by atoms with Gasteiger partial charge in [0.05, 0.1) is 5.69 Å². The number of nitrogen functional groups attached to an aromatic ring is 1. The Kier molecular flexibility index (Phi) is 4.52. The van der Waals surface area contributed by atoms with Crippen LogP contribution in [0.4, 0.5) is 5.69 Å². The van der Waals surface area contributed by atoms with E-state index in [2.05, 4.69) is 5.16 Å². The molecule has 0 aliphatic carbocycles. The lowest BCUT2D eigenvalue weighted by Gasteiger charge is -2.03. The summed E-state index contributed by atoms with van der Waals surface area (Å²) in [7, 11) is 1.61. The Labute approximate surface area is 114 Å². The van der Waals surface area contributed by atoms with Gasteiger partial charge in [0.2, 0.25) is 0 Å². The van der Waals surface area contributed by atoms with Gasteiger partial charge >= 0.3 is 0 Å². The standard InChI is InChI=1S/C12H13ClN2O2S/c1-16-6-10-5-9(15-17-10)7-18-12-4-8(13)2-3-11(12)14/h2-5H,6-7,14H2,1H3. The maximum absolute atomic E-state index is 5.92. The molecular formula is C12H13ClN2O2S. The van der Waals surface area contributed by atoms with Gasteiger partial charge < -0.3 is 15.0 Å². The molecule has 0 radical (unpaired) electrons. The number of nitrogens with two attached hydrogens (primary N) is 1. The molecular weight excluding hydrogens is 272 g/mol. The van der Waals surface area contributed by atoms with E-state index >= 15 is 0 Å². The number of nitrogens with zero attached hydrogens (tertiary/aromatic N) is 1. The van der Waals surface area contributed by atoms with Crippen LogP contribution >= 0.6 is 23.4 Å². The number of hydrogen-bond donors (Lipinski definition) is 1. The molecule has 0 aliphatic heterocycles. The van der Waals surface area contributed by atoms with Crippen molar-refractivity contribution in [2.45, 2.75) is 17.3 Å². The van der Waals surface area contributed by atoms with Crippen molar-refractivity contribution in [3.63, 3.8) is 0 Å². The van der Waals surface area contributed by atoms with Crippen molar-refractivity contribution >= 4 is 29.1 Å². The minimum atomic E-state index is 0.428. The molecule has 0 amide bonds. The molecule has 2 aromatic rings. The summed E-state index contributed by atoms with van der Waals surface area (Å²) >= 11 is 7.50. The predicted octanol–water partition coefficient (Wildman–Crippen LogP) is 3.35. The van der Waals surface area contributed by atoms with E-state index in [1.807, 2.05) is 12.1 Å². The highest BCUT2D eigenvalue weighted by atomic mass is 35.5. The number of halogens is 1. The van der Waals surface area contributed by atoms with E-state index in [0.29, 0.717) is 28.8 Å². The highest BCUT2D eigenvalue weighted by molar-refractivity contribution is 7.98. The van der Waals surface area contributed by atoms with Gasteiger partial charge in [-0.15, -0.1) is 11.8 Å². The van der Waals surface area contributed by atoms with Gasteiger partial charge in [0, 0.05) is 34.5 Å². The van der Waals surface area contributed by atoms with E-state index < -0.39 is 0 Å². The third kappa shape index (κ3) is 3.41. The average molecular weight is 285 g/mol. The van der Waals surface area contributed by atoms with Gasteiger partial charge in [-0.2, -0.15) is 0 Å². The maximum atomic E-state index is 5.92. The van der Waals surface area contributed by atoms with Crippen LogP contribution in [0.2, 0.25) is 5.02 Å². The number of ether oxygens (including phenoxy) is 1. The zero-order valence-electron chi connectivity index (χ0n) is 9.85. The minimum Gasteiger partial charge on any atom is -0.398 e. The van der Waals surface area contributed by atoms with Crippen LogP contribution < -0.4 is 5.73 Å². The summed E-state index contributed by atoms with van der Waals surface area (Å²) in [6.45, 7) is 0.428. The monoisotopic (exact) mass is 284 g/mol. The molecule has 0 saturated heterocycles. The number of aromatic nitrogens is 1. The van der Waals surface area contributed by atoms with Crippen LogP contribution in [0.1, 0.15) is 11.5 Å². The lowest BCUT2D eigenvalue weighted by Crippen LogP contribution is -1.89. The second-order valence-corrected chi connectivity index (χ2v) is 5.14. The van der Waals surface area contributed by atoms with Crippen LogP contribution in [0.3, 0.4) is 0 Å². The van der Waals surface area contributed by atoms with Crippen molar-refractivity contribution in [3.05, 3.63) is 40.7 Å². The molecule has 0 atom stereocenters. The third-order valence-electron chi connectivity index (χ3n) is 2.25. The Morgan fingerprint density at radius 2 is 2.28 bits per heavy atom. The number of benzene rings is 1. The minimum absolute atomic E-state index is 0.428. The van der Waals surface area contributed by atoms with Crippen LogP contribution in [0.5, 0.6) is 0 Å². The number of rotatable bonds is 5. The molecule has 0 spiro atoms. The molecule has 0 bridgehead atoms. The average Bonchev–Trinajstić information content (AvgIpc) is 2.79. The van der Waals surface area contributed by atoms with E-state index in [9.17, 15) is 0 Å². The SMILES string of the molecule is COCc1cc(CSc2cc(Cl)ccc2N)no1. The van der Waals surface area contributed by atoms with Crippen molar-refractivity contribution in [1.29, 1.82) is 0 Å². The Balaban J connectivity index is 1.99. The zero-order chi connectivity index (χ0) is 13.0. The smallest absolute Gasteiger partial charge is 0.162 e. The van der Waals surface area contributed by atoms with E-state index in [1.165, 1.54) is 0 Å². The van der Waals surface area contributed by atoms with Crippen molar-refractivity contribution in [2.75, 3.05) is 12.8 Å². The molecule has 2 N–H and O–H groups in total. The first kappa shape index (κ1) is 13.3. The quantitative estimate of drug-likeness (QED) is 0.674. The van der Waals surface area contributed by atoms with Gasteiger partial charge in [-0.3, -0.25) is 0 Å². The lowest BCUT2D eigenvalue weighted by atomic mass is 10.3. The Hall–Kier alpha value is -1.17. The topological polar surface area (TPSA) is 61.3 Å². The summed E-state index contributed by atoms with van der Waals surface area (Å²) in [6, 6.07) is 7.28. The second-order valence-electron chi connectivity index (χ2n) is 3.69. The molecule has 0 aliphatic rings. The van der Waals surface area contributed by atoms with Crippen molar-refractivity contribution in [1.82, 2.24) is 5.16 Å². The fourth-order valence-corrected chi connectivity index (χ4v) is 2.54. The number of hydrogen-bond acceptors (Lipinski definition) is 5. The van der Waals surface area contributed by atoms with Gasteiger partial charge in [-0.25, -0.2) is 0 Å². The number of anilines is 1.